The Morgan fingerprint density at radius 2 is 1.68 bits per heavy atom. The zero-order valence-corrected chi connectivity index (χ0v) is 15.5. The van der Waals surface area contributed by atoms with Crippen LogP contribution in [0.4, 0.5) is 0 Å². The number of fused-ring (bicyclic) bond motifs is 1. The minimum atomic E-state index is 0.193. The van der Waals surface area contributed by atoms with Gasteiger partial charge in [-0.2, -0.15) is 0 Å². The Hall–Kier alpha value is -2.26. The maximum Gasteiger partial charge on any atom is 0.129 e. The highest BCUT2D eigenvalue weighted by Crippen LogP contribution is 2.50. The molecule has 0 aliphatic heterocycles. The summed E-state index contributed by atoms with van der Waals surface area (Å²) in [7, 11) is 0. The Kier molecular flexibility index (Phi) is 4.04. The van der Waals surface area contributed by atoms with Gasteiger partial charge in [-0.3, -0.25) is 0 Å². The third-order valence-electron chi connectivity index (χ3n) is 5.21. The van der Waals surface area contributed by atoms with Gasteiger partial charge < -0.3 is 10.2 Å². The molecule has 0 radical (unpaired) electrons. The van der Waals surface area contributed by atoms with Crippen molar-refractivity contribution in [2.45, 2.75) is 25.2 Å². The zero-order chi connectivity index (χ0) is 17.6. The summed E-state index contributed by atoms with van der Waals surface area (Å²) < 4.78 is 0.715. The van der Waals surface area contributed by atoms with Crippen molar-refractivity contribution in [1.82, 2.24) is 0 Å². The topological polar surface area (TPSA) is 40.5 Å². The first kappa shape index (κ1) is 16.2. The molecule has 0 amide bonds. The van der Waals surface area contributed by atoms with Crippen LogP contribution in [-0.2, 0) is 6.42 Å². The summed E-state index contributed by atoms with van der Waals surface area (Å²) in [6.07, 6.45) is 0.929. The molecule has 2 N–H and O–H groups in total. The maximum absolute atomic E-state index is 10.1. The lowest BCUT2D eigenvalue weighted by Gasteiger charge is -2.22. The number of aryl methyl sites for hydroxylation is 1. The summed E-state index contributed by atoms with van der Waals surface area (Å²) >= 11 is 3.44. The highest BCUT2D eigenvalue weighted by Gasteiger charge is 2.36. The minimum Gasteiger partial charge on any atom is -0.508 e. The van der Waals surface area contributed by atoms with Gasteiger partial charge in [0, 0.05) is 5.92 Å². The largest absolute Gasteiger partial charge is 0.508 e. The second-order valence-electron chi connectivity index (χ2n) is 6.74. The third kappa shape index (κ3) is 2.83. The van der Waals surface area contributed by atoms with E-state index in [9.17, 15) is 10.2 Å². The highest BCUT2D eigenvalue weighted by molar-refractivity contribution is 9.10. The first-order chi connectivity index (χ1) is 12.0. The van der Waals surface area contributed by atoms with Gasteiger partial charge in [0.1, 0.15) is 11.5 Å². The van der Waals surface area contributed by atoms with Gasteiger partial charge in [-0.25, -0.2) is 0 Å². The zero-order valence-electron chi connectivity index (χ0n) is 13.9. The Morgan fingerprint density at radius 1 is 0.920 bits per heavy atom. The van der Waals surface area contributed by atoms with E-state index in [4.69, 9.17) is 0 Å². The van der Waals surface area contributed by atoms with Crippen LogP contribution in [-0.4, -0.2) is 10.2 Å². The predicted octanol–water partition coefficient (Wildman–Crippen LogP) is 5.64. The first-order valence-electron chi connectivity index (χ1n) is 8.40. The van der Waals surface area contributed by atoms with Crippen molar-refractivity contribution in [2.24, 2.45) is 0 Å². The summed E-state index contributed by atoms with van der Waals surface area (Å²) in [6, 6.07) is 20.0. The van der Waals surface area contributed by atoms with Gasteiger partial charge in [-0.1, -0.05) is 36.4 Å². The average Bonchev–Trinajstić information content (AvgIpc) is 2.98. The van der Waals surface area contributed by atoms with E-state index >= 15 is 0 Å². The molecule has 2 nitrogen and oxygen atoms in total. The van der Waals surface area contributed by atoms with Crippen LogP contribution in [0.5, 0.6) is 11.5 Å². The Labute approximate surface area is 155 Å². The molecule has 0 spiro atoms. The van der Waals surface area contributed by atoms with Crippen molar-refractivity contribution in [3.63, 3.8) is 0 Å². The van der Waals surface area contributed by atoms with E-state index in [2.05, 4.69) is 47.1 Å². The highest BCUT2D eigenvalue weighted by atomic mass is 79.9. The molecular formula is C22H19BrO2. The van der Waals surface area contributed by atoms with Crippen molar-refractivity contribution in [2.75, 3.05) is 0 Å². The van der Waals surface area contributed by atoms with Gasteiger partial charge in [-0.15, -0.1) is 0 Å². The Bertz CT molecular complexity index is 934. The molecule has 3 heteroatoms. The molecule has 0 saturated heterocycles. The lowest BCUT2D eigenvalue weighted by atomic mass is 9.82. The van der Waals surface area contributed by atoms with Crippen LogP contribution in [0.2, 0.25) is 0 Å². The third-order valence-corrected chi connectivity index (χ3v) is 5.85. The fourth-order valence-electron chi connectivity index (χ4n) is 4.07. The fourth-order valence-corrected chi connectivity index (χ4v) is 4.47. The molecule has 1 aliphatic carbocycles. The van der Waals surface area contributed by atoms with Gasteiger partial charge in [0.05, 0.1) is 4.47 Å². The Balaban J connectivity index is 1.89. The van der Waals surface area contributed by atoms with E-state index in [1.54, 1.807) is 6.07 Å². The average molecular weight is 395 g/mol. The summed E-state index contributed by atoms with van der Waals surface area (Å²) in [6.45, 7) is 2.07. The Morgan fingerprint density at radius 3 is 2.40 bits per heavy atom. The van der Waals surface area contributed by atoms with E-state index in [0.29, 0.717) is 10.2 Å². The van der Waals surface area contributed by atoms with Crippen molar-refractivity contribution in [3.05, 3.63) is 93.0 Å². The van der Waals surface area contributed by atoms with E-state index in [1.807, 2.05) is 30.3 Å². The van der Waals surface area contributed by atoms with Crippen LogP contribution in [0.1, 0.15) is 39.7 Å². The second kappa shape index (κ2) is 6.23. The van der Waals surface area contributed by atoms with Gasteiger partial charge >= 0.3 is 0 Å². The number of aromatic hydroxyl groups is 2. The first-order valence-corrected chi connectivity index (χ1v) is 9.19. The number of phenols is 2. The molecule has 1 aliphatic rings. The molecule has 0 saturated carbocycles. The van der Waals surface area contributed by atoms with Gasteiger partial charge in [0.15, 0.2) is 0 Å². The molecule has 126 valence electrons. The molecule has 0 fully saturated rings. The number of hydrogen-bond acceptors (Lipinski definition) is 2. The molecule has 0 bridgehead atoms. The van der Waals surface area contributed by atoms with E-state index in [1.165, 1.54) is 22.3 Å². The van der Waals surface area contributed by atoms with Crippen LogP contribution < -0.4 is 0 Å². The SMILES string of the molecule is Cc1cc(O)cc2c1CC(c1ccc(O)c(Br)c1)C2c1ccccc1. The molecule has 0 aromatic heterocycles. The van der Waals surface area contributed by atoms with Gasteiger partial charge in [0.25, 0.3) is 0 Å². The van der Waals surface area contributed by atoms with Crippen LogP contribution in [0, 0.1) is 6.92 Å². The minimum absolute atomic E-state index is 0.193. The van der Waals surface area contributed by atoms with Crippen molar-refractivity contribution in [3.8, 4) is 11.5 Å². The molecule has 4 rings (SSSR count). The summed E-state index contributed by atoms with van der Waals surface area (Å²) in [4.78, 5) is 0. The standard InChI is InChI=1S/C22H19BrO2/c1-13-9-16(24)11-19-17(13)12-18(15-7-8-21(25)20(23)10-15)22(19)14-5-3-2-4-6-14/h2-11,18,22,24-25H,12H2,1H3. The van der Waals surface area contributed by atoms with Crippen LogP contribution in [0.25, 0.3) is 0 Å². The monoisotopic (exact) mass is 394 g/mol. The lowest BCUT2D eigenvalue weighted by molar-refractivity contribution is 0.471. The molecule has 2 unspecified atom stereocenters. The molecule has 3 aromatic carbocycles. The normalized spacial score (nSPS) is 19.0. The summed E-state index contributed by atoms with van der Waals surface area (Å²) in [5.74, 6) is 1.04. The van der Waals surface area contributed by atoms with Crippen LogP contribution in [0.3, 0.4) is 0 Å². The van der Waals surface area contributed by atoms with Crippen LogP contribution >= 0.6 is 15.9 Å². The number of rotatable bonds is 2. The maximum atomic E-state index is 10.1. The van der Waals surface area contributed by atoms with E-state index in [0.717, 1.165) is 12.0 Å². The van der Waals surface area contributed by atoms with Crippen LogP contribution in [0.15, 0.2) is 65.1 Å². The summed E-state index contributed by atoms with van der Waals surface area (Å²) in [5, 5.41) is 20.0. The number of halogens is 1. The van der Waals surface area contributed by atoms with E-state index in [-0.39, 0.29) is 17.6 Å². The smallest absolute Gasteiger partial charge is 0.129 e. The number of phenolic OH excluding ortho intramolecular Hbond substituents is 2. The van der Waals surface area contributed by atoms with Crippen molar-refractivity contribution >= 4 is 15.9 Å². The van der Waals surface area contributed by atoms with Crippen molar-refractivity contribution in [1.29, 1.82) is 0 Å². The molecule has 25 heavy (non-hydrogen) atoms. The molecular weight excluding hydrogens is 376 g/mol. The lowest BCUT2D eigenvalue weighted by Crippen LogP contribution is -2.08. The predicted molar refractivity (Wildman–Crippen MR) is 103 cm³/mol. The number of benzene rings is 3. The molecule has 2 atom stereocenters. The second-order valence-corrected chi connectivity index (χ2v) is 7.59. The van der Waals surface area contributed by atoms with Gasteiger partial charge in [-0.05, 0) is 87.3 Å². The van der Waals surface area contributed by atoms with Crippen molar-refractivity contribution < 1.29 is 10.2 Å². The van der Waals surface area contributed by atoms with E-state index < -0.39 is 0 Å². The quantitative estimate of drug-likeness (QED) is 0.590. The fraction of sp³-hybridized carbons (Fsp3) is 0.182. The number of hydrogen-bond donors (Lipinski definition) is 2. The molecule has 3 aromatic rings. The summed E-state index contributed by atoms with van der Waals surface area (Å²) in [5.41, 5.74) is 6.10. The molecule has 0 heterocycles. The van der Waals surface area contributed by atoms with Gasteiger partial charge in [0.2, 0.25) is 0 Å².